The maximum atomic E-state index is 12.6. The number of rotatable bonds is 2. The van der Waals surface area contributed by atoms with Crippen LogP contribution in [0, 0.1) is 0 Å². The predicted octanol–water partition coefficient (Wildman–Crippen LogP) is 1.09. The van der Waals surface area contributed by atoms with Crippen LogP contribution in [0.3, 0.4) is 0 Å². The zero-order valence-corrected chi connectivity index (χ0v) is 13.6. The molecule has 0 radical (unpaired) electrons. The van der Waals surface area contributed by atoms with Gasteiger partial charge in [0.2, 0.25) is 11.8 Å². The molecule has 0 bridgehead atoms. The zero-order valence-electron chi connectivity index (χ0n) is 12.1. The average molecular weight is 368 g/mol. The minimum Gasteiger partial charge on any atom is -0.495 e. The van der Waals surface area contributed by atoms with Gasteiger partial charge in [-0.2, -0.15) is 0 Å². The molecular weight excluding hydrogens is 354 g/mol. The fourth-order valence-electron chi connectivity index (χ4n) is 2.80. The molecule has 8 heteroatoms. The summed E-state index contributed by atoms with van der Waals surface area (Å²) in [6.45, 7) is 0. The molecule has 116 valence electrons. The molecule has 1 aliphatic rings. The molecule has 1 aliphatic heterocycles. The second-order valence-electron chi connectivity index (χ2n) is 5.13. The summed E-state index contributed by atoms with van der Waals surface area (Å²) in [5, 5.41) is 2.28. The molecule has 2 amide bonds. The highest BCUT2D eigenvalue weighted by Gasteiger charge is 2.31. The van der Waals surface area contributed by atoms with E-state index in [1.165, 1.54) is 9.13 Å². The van der Waals surface area contributed by atoms with Gasteiger partial charge < -0.3 is 4.74 Å². The summed E-state index contributed by atoms with van der Waals surface area (Å²) < 4.78 is 8.79. The van der Waals surface area contributed by atoms with E-state index in [0.29, 0.717) is 27.7 Å². The van der Waals surface area contributed by atoms with E-state index in [0.717, 1.165) is 0 Å². The molecule has 2 aromatic rings. The van der Waals surface area contributed by atoms with Gasteiger partial charge >= 0.3 is 5.69 Å². The van der Waals surface area contributed by atoms with Gasteiger partial charge in [0, 0.05) is 13.5 Å². The number of amides is 2. The number of hydrogen-bond acceptors (Lipinski definition) is 4. The predicted molar refractivity (Wildman–Crippen MR) is 82.9 cm³/mol. The lowest BCUT2D eigenvalue weighted by molar-refractivity contribution is -0.135. The van der Waals surface area contributed by atoms with Crippen LogP contribution in [-0.4, -0.2) is 28.1 Å². The van der Waals surface area contributed by atoms with Crippen molar-refractivity contribution >= 4 is 38.8 Å². The number of fused-ring (bicyclic) bond motifs is 1. The Morgan fingerprint density at radius 3 is 2.68 bits per heavy atom. The molecule has 1 aromatic heterocycles. The van der Waals surface area contributed by atoms with Crippen LogP contribution in [0.15, 0.2) is 21.4 Å². The van der Waals surface area contributed by atoms with Gasteiger partial charge in [0.25, 0.3) is 0 Å². The number of piperidine rings is 1. The first-order valence-electron chi connectivity index (χ1n) is 6.72. The molecule has 1 unspecified atom stereocenters. The lowest BCUT2D eigenvalue weighted by atomic mass is 10.1. The second-order valence-corrected chi connectivity index (χ2v) is 5.92. The van der Waals surface area contributed by atoms with Gasteiger partial charge in [0.1, 0.15) is 11.8 Å². The van der Waals surface area contributed by atoms with Crippen LogP contribution in [0.5, 0.6) is 5.75 Å². The number of ether oxygens (including phenoxy) is 1. The standard InChI is InChI=1S/C14H14BrN3O4/c1-17-12-7(3-5-9(22-2)11(12)15)18(14(17)21)8-4-6-10(19)16-13(8)20/h3,5,8H,4,6H2,1-2H3,(H,16,19,20). The molecule has 0 aliphatic carbocycles. The van der Waals surface area contributed by atoms with E-state index < -0.39 is 11.9 Å². The fourth-order valence-corrected chi connectivity index (χ4v) is 3.56. The number of aryl methyl sites for hydroxylation is 1. The molecule has 1 aromatic carbocycles. The van der Waals surface area contributed by atoms with E-state index in [9.17, 15) is 14.4 Å². The topological polar surface area (TPSA) is 82.3 Å². The van der Waals surface area contributed by atoms with Crippen molar-refractivity contribution in [3.63, 3.8) is 0 Å². The molecule has 1 atom stereocenters. The van der Waals surface area contributed by atoms with Crippen LogP contribution in [-0.2, 0) is 16.6 Å². The van der Waals surface area contributed by atoms with Crippen LogP contribution in [0.25, 0.3) is 11.0 Å². The number of hydrogen-bond donors (Lipinski definition) is 1. The van der Waals surface area contributed by atoms with E-state index in [1.54, 1.807) is 26.3 Å². The van der Waals surface area contributed by atoms with Gasteiger partial charge in [-0.3, -0.25) is 24.0 Å². The number of nitrogens with one attached hydrogen (secondary N) is 1. The van der Waals surface area contributed by atoms with E-state index >= 15 is 0 Å². The van der Waals surface area contributed by atoms with Gasteiger partial charge in [0.05, 0.1) is 22.6 Å². The van der Waals surface area contributed by atoms with Crippen LogP contribution >= 0.6 is 15.9 Å². The maximum Gasteiger partial charge on any atom is 0.329 e. The first-order valence-corrected chi connectivity index (χ1v) is 7.52. The quantitative estimate of drug-likeness (QED) is 0.805. The van der Waals surface area contributed by atoms with Crippen LogP contribution in [0.4, 0.5) is 0 Å². The van der Waals surface area contributed by atoms with Crippen molar-refractivity contribution in [3.05, 3.63) is 27.1 Å². The Hall–Kier alpha value is -2.09. The van der Waals surface area contributed by atoms with Crippen LogP contribution in [0.2, 0.25) is 0 Å². The van der Waals surface area contributed by atoms with E-state index in [1.807, 2.05) is 0 Å². The van der Waals surface area contributed by atoms with Crippen molar-refractivity contribution in [1.82, 2.24) is 14.5 Å². The summed E-state index contributed by atoms with van der Waals surface area (Å²) >= 11 is 3.44. The van der Waals surface area contributed by atoms with E-state index in [-0.39, 0.29) is 18.0 Å². The molecule has 1 N–H and O–H groups in total. The first-order chi connectivity index (χ1) is 10.5. The molecule has 2 heterocycles. The van der Waals surface area contributed by atoms with Crippen molar-refractivity contribution < 1.29 is 14.3 Å². The Balaban J connectivity index is 2.25. The third-order valence-corrected chi connectivity index (χ3v) is 4.66. The molecule has 3 rings (SSSR count). The zero-order chi connectivity index (χ0) is 16.0. The van der Waals surface area contributed by atoms with E-state index in [4.69, 9.17) is 4.74 Å². The summed E-state index contributed by atoms with van der Waals surface area (Å²) in [7, 11) is 3.18. The van der Waals surface area contributed by atoms with Crippen molar-refractivity contribution in [2.45, 2.75) is 18.9 Å². The number of nitrogens with zero attached hydrogens (tertiary/aromatic N) is 2. The van der Waals surface area contributed by atoms with Gasteiger partial charge in [0.15, 0.2) is 0 Å². The molecule has 0 spiro atoms. The van der Waals surface area contributed by atoms with Crippen molar-refractivity contribution in [2.24, 2.45) is 7.05 Å². The lowest BCUT2D eigenvalue weighted by Gasteiger charge is -2.22. The highest BCUT2D eigenvalue weighted by molar-refractivity contribution is 9.10. The van der Waals surface area contributed by atoms with Gasteiger partial charge in [-0.25, -0.2) is 4.79 Å². The molecule has 1 fully saturated rings. The average Bonchev–Trinajstić information content (AvgIpc) is 2.73. The summed E-state index contributed by atoms with van der Waals surface area (Å²) in [5.74, 6) is -0.154. The minimum atomic E-state index is -0.686. The molecule has 1 saturated heterocycles. The molecule has 7 nitrogen and oxygen atoms in total. The van der Waals surface area contributed by atoms with Gasteiger partial charge in [-0.15, -0.1) is 0 Å². The van der Waals surface area contributed by atoms with Crippen molar-refractivity contribution in [1.29, 1.82) is 0 Å². The first kappa shape index (κ1) is 14.8. The molecular formula is C14H14BrN3O4. The number of carbonyl (C=O) groups is 2. The summed E-state index contributed by atoms with van der Waals surface area (Å²) in [6.07, 6.45) is 0.532. The largest absolute Gasteiger partial charge is 0.495 e. The number of carbonyl (C=O) groups excluding carboxylic acids is 2. The second kappa shape index (κ2) is 5.28. The normalized spacial score (nSPS) is 18.6. The monoisotopic (exact) mass is 367 g/mol. The Bertz CT molecular complexity index is 852. The number of imidazole rings is 1. The fraction of sp³-hybridized carbons (Fsp3) is 0.357. The number of imide groups is 1. The summed E-state index contributed by atoms with van der Waals surface area (Å²) in [6, 6.07) is 2.78. The Labute approximate surface area is 134 Å². The molecule has 0 saturated carbocycles. The third kappa shape index (κ3) is 2.06. The highest BCUT2D eigenvalue weighted by Crippen LogP contribution is 2.34. The van der Waals surface area contributed by atoms with Crippen LogP contribution in [0.1, 0.15) is 18.9 Å². The summed E-state index contributed by atoms with van der Waals surface area (Å²) in [4.78, 5) is 35.9. The number of methoxy groups -OCH3 is 1. The number of halogens is 1. The lowest BCUT2D eigenvalue weighted by Crippen LogP contribution is -2.44. The van der Waals surface area contributed by atoms with Crippen molar-refractivity contribution in [3.8, 4) is 5.75 Å². The Morgan fingerprint density at radius 1 is 1.32 bits per heavy atom. The number of aromatic nitrogens is 2. The molecule has 22 heavy (non-hydrogen) atoms. The van der Waals surface area contributed by atoms with Gasteiger partial charge in [-0.1, -0.05) is 0 Å². The van der Waals surface area contributed by atoms with Crippen molar-refractivity contribution in [2.75, 3.05) is 7.11 Å². The minimum absolute atomic E-state index is 0.219. The summed E-state index contributed by atoms with van der Waals surface area (Å²) in [5.41, 5.74) is 0.960. The smallest absolute Gasteiger partial charge is 0.329 e. The Morgan fingerprint density at radius 2 is 2.05 bits per heavy atom. The third-order valence-electron chi connectivity index (χ3n) is 3.89. The maximum absolute atomic E-state index is 12.6. The van der Waals surface area contributed by atoms with Gasteiger partial charge in [-0.05, 0) is 34.5 Å². The SMILES string of the molecule is COc1ccc2c(c1Br)n(C)c(=O)n2C1CCC(=O)NC1=O. The highest BCUT2D eigenvalue weighted by atomic mass is 79.9. The Kier molecular flexibility index (Phi) is 3.56. The van der Waals surface area contributed by atoms with E-state index in [2.05, 4.69) is 21.2 Å². The van der Waals surface area contributed by atoms with Crippen LogP contribution < -0.4 is 15.7 Å². The number of benzene rings is 1.